The zero-order valence-corrected chi connectivity index (χ0v) is 9.93. The number of hydrogen-bond donors (Lipinski definition) is 0. The van der Waals surface area contributed by atoms with Crippen molar-refractivity contribution in [2.75, 3.05) is 21.1 Å². The molecule has 0 heterocycles. The Morgan fingerprint density at radius 2 is 1.46 bits per heavy atom. The van der Waals surface area contributed by atoms with Crippen LogP contribution in [0.4, 0.5) is 0 Å². The quantitative estimate of drug-likeness (QED) is 0.674. The molecule has 0 aliphatic carbocycles. The van der Waals surface area contributed by atoms with Gasteiger partial charge in [-0.15, -0.1) is 0 Å². The first-order valence-electron chi connectivity index (χ1n) is 4.53. The van der Waals surface area contributed by atoms with E-state index in [0.29, 0.717) is 0 Å². The Morgan fingerprint density at radius 3 is 1.69 bits per heavy atom. The molecule has 0 fully saturated rings. The van der Waals surface area contributed by atoms with E-state index in [2.05, 4.69) is 0 Å². The van der Waals surface area contributed by atoms with Gasteiger partial charge in [0.15, 0.2) is 0 Å². The molecule has 0 N–H and O–H groups in total. The van der Waals surface area contributed by atoms with E-state index in [1.165, 1.54) is 8.61 Å². The Kier molecular flexibility index (Phi) is 4.88. The number of rotatable bonds is 5. The molecule has 0 atom stereocenters. The highest BCUT2D eigenvalue weighted by Crippen LogP contribution is 2.12. The Bertz CT molecular complexity index is 233. The van der Waals surface area contributed by atoms with Gasteiger partial charge < -0.3 is 0 Å². The van der Waals surface area contributed by atoms with Crippen molar-refractivity contribution in [3.8, 4) is 0 Å². The topological polar surface area (TPSA) is 40.6 Å². The van der Waals surface area contributed by atoms with Crippen molar-refractivity contribution in [2.45, 2.75) is 32.7 Å². The van der Waals surface area contributed by atoms with Crippen LogP contribution >= 0.6 is 0 Å². The molecule has 0 aliphatic heterocycles. The molecule has 0 bridgehead atoms. The van der Waals surface area contributed by atoms with Gasteiger partial charge in [-0.2, -0.15) is 17.0 Å². The summed E-state index contributed by atoms with van der Waals surface area (Å²) in [5, 5.41) is 0. The first-order chi connectivity index (χ1) is 5.87. The van der Waals surface area contributed by atoms with Gasteiger partial charge in [0.05, 0.1) is 0 Å². The molecule has 4 nitrogen and oxygen atoms in total. The van der Waals surface area contributed by atoms with Crippen LogP contribution in [0.15, 0.2) is 0 Å². The molecular weight excluding hydrogens is 188 g/mol. The van der Waals surface area contributed by atoms with Crippen molar-refractivity contribution in [2.24, 2.45) is 0 Å². The Balaban J connectivity index is 4.67. The molecule has 0 unspecified atom stereocenters. The van der Waals surface area contributed by atoms with Crippen LogP contribution in [0.5, 0.6) is 0 Å². The highest BCUT2D eigenvalue weighted by atomic mass is 32.2. The van der Waals surface area contributed by atoms with Crippen LogP contribution in [0.2, 0.25) is 0 Å². The van der Waals surface area contributed by atoms with Crippen LogP contribution in [0.25, 0.3) is 0 Å². The number of nitrogens with zero attached hydrogens (tertiary/aromatic N) is 2. The Labute approximate surface area is 81.7 Å². The maximum absolute atomic E-state index is 11.6. The minimum absolute atomic E-state index is 0.104. The second-order valence-corrected chi connectivity index (χ2v) is 5.48. The van der Waals surface area contributed by atoms with E-state index in [-0.39, 0.29) is 6.04 Å². The van der Waals surface area contributed by atoms with Gasteiger partial charge in [0.25, 0.3) is 10.2 Å². The summed E-state index contributed by atoms with van der Waals surface area (Å²) in [6.07, 6.45) is 1.69. The molecule has 0 saturated carbocycles. The molecule has 0 radical (unpaired) electrons. The fourth-order valence-corrected chi connectivity index (χ4v) is 2.44. The first-order valence-corrected chi connectivity index (χ1v) is 5.93. The summed E-state index contributed by atoms with van der Waals surface area (Å²) in [7, 11) is 1.50. The molecule has 0 saturated heterocycles. The van der Waals surface area contributed by atoms with Gasteiger partial charge in [-0.3, -0.25) is 0 Å². The molecule has 13 heavy (non-hydrogen) atoms. The third-order valence-electron chi connectivity index (χ3n) is 2.28. The third kappa shape index (κ3) is 2.93. The largest absolute Gasteiger partial charge is 0.281 e. The second-order valence-electron chi connectivity index (χ2n) is 3.28. The van der Waals surface area contributed by atoms with Crippen LogP contribution in [-0.2, 0) is 10.2 Å². The molecule has 5 heteroatoms. The summed E-state index contributed by atoms with van der Waals surface area (Å²) in [4.78, 5) is 0. The van der Waals surface area contributed by atoms with Crippen LogP contribution in [-0.4, -0.2) is 44.2 Å². The average Bonchev–Trinajstić information content (AvgIpc) is 2.06. The summed E-state index contributed by atoms with van der Waals surface area (Å²) >= 11 is 0. The predicted octanol–water partition coefficient (Wildman–Crippen LogP) is 0.913. The Morgan fingerprint density at radius 1 is 1.08 bits per heavy atom. The van der Waals surface area contributed by atoms with Crippen LogP contribution in [0, 0.1) is 0 Å². The van der Waals surface area contributed by atoms with Crippen molar-refractivity contribution >= 4 is 10.2 Å². The van der Waals surface area contributed by atoms with E-state index < -0.39 is 10.2 Å². The first kappa shape index (κ1) is 12.9. The van der Waals surface area contributed by atoms with E-state index in [4.69, 9.17) is 0 Å². The van der Waals surface area contributed by atoms with E-state index in [1.807, 2.05) is 13.8 Å². The van der Waals surface area contributed by atoms with Crippen LogP contribution in [0.3, 0.4) is 0 Å². The minimum Gasteiger partial charge on any atom is -0.195 e. The van der Waals surface area contributed by atoms with Gasteiger partial charge in [-0.25, -0.2) is 0 Å². The minimum atomic E-state index is -3.23. The Hall–Kier alpha value is -0.130. The van der Waals surface area contributed by atoms with E-state index in [1.54, 1.807) is 21.1 Å². The molecule has 0 aliphatic rings. The van der Waals surface area contributed by atoms with Gasteiger partial charge in [0.1, 0.15) is 0 Å². The second kappa shape index (κ2) is 4.93. The summed E-state index contributed by atoms with van der Waals surface area (Å²) in [5.41, 5.74) is 0. The summed E-state index contributed by atoms with van der Waals surface area (Å²) in [6, 6.07) is 0.104. The average molecular weight is 208 g/mol. The fraction of sp³-hybridized carbons (Fsp3) is 1.00. The normalized spacial score (nSPS) is 13.2. The zero-order chi connectivity index (χ0) is 10.6. The van der Waals surface area contributed by atoms with Gasteiger partial charge in [-0.1, -0.05) is 13.8 Å². The lowest BCUT2D eigenvalue weighted by Crippen LogP contribution is -2.43. The smallest absolute Gasteiger partial charge is 0.195 e. The third-order valence-corrected chi connectivity index (χ3v) is 4.23. The van der Waals surface area contributed by atoms with Gasteiger partial charge in [0.2, 0.25) is 0 Å². The molecule has 0 rings (SSSR count). The van der Waals surface area contributed by atoms with Crippen molar-refractivity contribution in [1.29, 1.82) is 0 Å². The highest BCUT2D eigenvalue weighted by Gasteiger charge is 2.25. The molecule has 0 aromatic heterocycles. The monoisotopic (exact) mass is 208 g/mol. The van der Waals surface area contributed by atoms with E-state index >= 15 is 0 Å². The van der Waals surface area contributed by atoms with Crippen molar-refractivity contribution in [3.63, 3.8) is 0 Å². The highest BCUT2D eigenvalue weighted by molar-refractivity contribution is 7.86. The predicted molar refractivity (Wildman–Crippen MR) is 54.7 cm³/mol. The molecule has 0 aromatic carbocycles. The lowest BCUT2D eigenvalue weighted by atomic mass is 10.2. The van der Waals surface area contributed by atoms with Crippen molar-refractivity contribution in [3.05, 3.63) is 0 Å². The molecule has 80 valence electrons. The maximum atomic E-state index is 11.6. The van der Waals surface area contributed by atoms with E-state index in [9.17, 15) is 8.42 Å². The van der Waals surface area contributed by atoms with Crippen LogP contribution in [0.1, 0.15) is 26.7 Å². The molecule has 0 aromatic rings. The molecule has 0 amide bonds. The summed E-state index contributed by atoms with van der Waals surface area (Å²) in [6.45, 7) is 3.99. The SMILES string of the molecule is CCC(CC)N(C)S(=O)(=O)N(C)C. The van der Waals surface area contributed by atoms with Crippen LogP contribution < -0.4 is 0 Å². The van der Waals surface area contributed by atoms with Crippen molar-refractivity contribution in [1.82, 2.24) is 8.61 Å². The molecular formula is C8H20N2O2S. The lowest BCUT2D eigenvalue weighted by molar-refractivity contribution is 0.327. The molecule has 0 spiro atoms. The fourth-order valence-electron chi connectivity index (χ4n) is 1.25. The number of hydrogen-bond acceptors (Lipinski definition) is 2. The standard InChI is InChI=1S/C8H20N2O2S/c1-6-8(7-2)10(5)13(11,12)9(3)4/h8H,6-7H2,1-5H3. The van der Waals surface area contributed by atoms with Gasteiger partial charge in [-0.05, 0) is 12.8 Å². The zero-order valence-electron chi connectivity index (χ0n) is 9.11. The van der Waals surface area contributed by atoms with E-state index in [0.717, 1.165) is 12.8 Å². The van der Waals surface area contributed by atoms with Gasteiger partial charge in [0, 0.05) is 27.2 Å². The maximum Gasteiger partial charge on any atom is 0.281 e. The summed E-state index contributed by atoms with van der Waals surface area (Å²) < 4.78 is 26.0. The summed E-state index contributed by atoms with van der Waals surface area (Å²) in [5.74, 6) is 0. The lowest BCUT2D eigenvalue weighted by Gasteiger charge is -2.28. The van der Waals surface area contributed by atoms with Gasteiger partial charge >= 0.3 is 0 Å². The van der Waals surface area contributed by atoms with Crippen molar-refractivity contribution < 1.29 is 8.42 Å².